The number of hydrogen-bond donors (Lipinski definition) is 1. The Kier molecular flexibility index (Phi) is 5.94. The largest absolute Gasteiger partial charge is 0.497 e. The highest BCUT2D eigenvalue weighted by atomic mass is 16.5. The molecule has 0 aliphatic rings. The van der Waals surface area contributed by atoms with Gasteiger partial charge in [0.1, 0.15) is 5.75 Å². The first-order chi connectivity index (χ1) is 13.5. The van der Waals surface area contributed by atoms with Crippen LogP contribution in [0.5, 0.6) is 5.75 Å². The molecule has 0 saturated heterocycles. The SMILES string of the molecule is COc1ccc(CC(=O)N/N=C\c2cc(C)n(-c3ccccc3C)c2C)cc1. The second-order valence-corrected chi connectivity index (χ2v) is 6.77. The van der Waals surface area contributed by atoms with Crippen molar-refractivity contribution in [2.75, 3.05) is 7.11 Å². The Bertz CT molecular complexity index is 1000. The summed E-state index contributed by atoms with van der Waals surface area (Å²) in [7, 11) is 1.62. The number of hydrazone groups is 1. The number of nitrogens with zero attached hydrogens (tertiary/aromatic N) is 2. The lowest BCUT2D eigenvalue weighted by atomic mass is 10.1. The van der Waals surface area contributed by atoms with E-state index in [-0.39, 0.29) is 12.3 Å². The van der Waals surface area contributed by atoms with Gasteiger partial charge in [-0.3, -0.25) is 4.79 Å². The van der Waals surface area contributed by atoms with Crippen LogP contribution in [-0.2, 0) is 11.2 Å². The second-order valence-electron chi connectivity index (χ2n) is 6.77. The summed E-state index contributed by atoms with van der Waals surface area (Å²) >= 11 is 0. The van der Waals surface area contributed by atoms with Crippen molar-refractivity contribution in [2.24, 2.45) is 5.10 Å². The smallest absolute Gasteiger partial charge is 0.244 e. The highest BCUT2D eigenvalue weighted by Crippen LogP contribution is 2.22. The zero-order valence-corrected chi connectivity index (χ0v) is 16.7. The molecule has 5 heteroatoms. The Morgan fingerprint density at radius 2 is 1.82 bits per heavy atom. The molecule has 0 saturated carbocycles. The van der Waals surface area contributed by atoms with E-state index in [2.05, 4.69) is 54.1 Å². The molecule has 3 aromatic rings. The summed E-state index contributed by atoms with van der Waals surface area (Å²) in [4.78, 5) is 12.1. The topological polar surface area (TPSA) is 55.6 Å². The van der Waals surface area contributed by atoms with Gasteiger partial charge in [-0.2, -0.15) is 5.10 Å². The number of aromatic nitrogens is 1. The molecule has 5 nitrogen and oxygen atoms in total. The molecule has 0 unspecified atom stereocenters. The maximum atomic E-state index is 12.1. The van der Waals surface area contributed by atoms with Crippen molar-refractivity contribution < 1.29 is 9.53 Å². The average Bonchev–Trinajstić information content (AvgIpc) is 2.96. The zero-order chi connectivity index (χ0) is 20.1. The lowest BCUT2D eigenvalue weighted by Gasteiger charge is -2.12. The normalized spacial score (nSPS) is 11.0. The third kappa shape index (κ3) is 4.31. The van der Waals surface area contributed by atoms with Gasteiger partial charge in [-0.15, -0.1) is 0 Å². The quantitative estimate of drug-likeness (QED) is 0.521. The minimum Gasteiger partial charge on any atom is -0.497 e. The molecule has 0 spiro atoms. The van der Waals surface area contributed by atoms with Crippen molar-refractivity contribution in [3.05, 3.63) is 82.7 Å². The Balaban J connectivity index is 1.68. The van der Waals surface area contributed by atoms with Crippen LogP contribution in [0.4, 0.5) is 0 Å². The van der Waals surface area contributed by atoms with E-state index in [0.29, 0.717) is 0 Å². The predicted octanol–water partition coefficient (Wildman–Crippen LogP) is 4.10. The zero-order valence-electron chi connectivity index (χ0n) is 16.7. The van der Waals surface area contributed by atoms with Gasteiger partial charge in [0.2, 0.25) is 5.91 Å². The number of amides is 1. The first-order valence-electron chi connectivity index (χ1n) is 9.19. The molecule has 1 aromatic heterocycles. The number of nitrogens with one attached hydrogen (secondary N) is 1. The molecule has 0 aliphatic carbocycles. The number of carbonyl (C=O) groups is 1. The van der Waals surface area contributed by atoms with E-state index in [1.54, 1.807) is 13.3 Å². The summed E-state index contributed by atoms with van der Waals surface area (Å²) in [6, 6.07) is 17.8. The monoisotopic (exact) mass is 375 g/mol. The van der Waals surface area contributed by atoms with Crippen molar-refractivity contribution in [1.82, 2.24) is 9.99 Å². The molecule has 0 aliphatic heterocycles. The molecule has 1 heterocycles. The van der Waals surface area contributed by atoms with Crippen molar-refractivity contribution in [3.63, 3.8) is 0 Å². The van der Waals surface area contributed by atoms with E-state index in [1.165, 1.54) is 5.56 Å². The Hall–Kier alpha value is -3.34. The summed E-state index contributed by atoms with van der Waals surface area (Å²) in [5, 5.41) is 4.14. The fourth-order valence-corrected chi connectivity index (χ4v) is 3.25. The molecule has 0 fully saturated rings. The minimum atomic E-state index is -0.158. The van der Waals surface area contributed by atoms with Crippen molar-refractivity contribution in [2.45, 2.75) is 27.2 Å². The molecule has 3 rings (SSSR count). The van der Waals surface area contributed by atoms with Crippen molar-refractivity contribution in [1.29, 1.82) is 0 Å². The predicted molar refractivity (Wildman–Crippen MR) is 112 cm³/mol. The molecule has 2 aromatic carbocycles. The van der Waals surface area contributed by atoms with Crippen molar-refractivity contribution in [3.8, 4) is 11.4 Å². The second kappa shape index (κ2) is 8.57. The number of ether oxygens (including phenoxy) is 1. The van der Waals surface area contributed by atoms with Gasteiger partial charge < -0.3 is 9.30 Å². The molecule has 1 amide bonds. The molecule has 0 atom stereocenters. The number of aryl methyl sites for hydroxylation is 2. The summed E-state index contributed by atoms with van der Waals surface area (Å²) in [5.74, 6) is 0.611. The molecular formula is C23H25N3O2. The van der Waals surface area contributed by atoms with E-state index >= 15 is 0 Å². The van der Waals surface area contributed by atoms with E-state index < -0.39 is 0 Å². The van der Waals surface area contributed by atoms with Crippen LogP contribution >= 0.6 is 0 Å². The number of hydrogen-bond acceptors (Lipinski definition) is 3. The number of para-hydroxylation sites is 1. The highest BCUT2D eigenvalue weighted by molar-refractivity contribution is 5.84. The minimum absolute atomic E-state index is 0.158. The molecule has 28 heavy (non-hydrogen) atoms. The summed E-state index contributed by atoms with van der Waals surface area (Å²) in [5.41, 5.74) is 9.06. The third-order valence-corrected chi connectivity index (χ3v) is 4.74. The summed E-state index contributed by atoms with van der Waals surface area (Å²) in [6.45, 7) is 6.22. The molecule has 144 valence electrons. The van der Waals surface area contributed by atoms with Crippen LogP contribution in [0, 0.1) is 20.8 Å². The van der Waals surface area contributed by atoms with Gasteiger partial charge in [0, 0.05) is 22.6 Å². The third-order valence-electron chi connectivity index (χ3n) is 4.74. The molecule has 1 N–H and O–H groups in total. The van der Waals surface area contributed by atoms with Crippen LogP contribution in [-0.4, -0.2) is 23.8 Å². The number of benzene rings is 2. The van der Waals surface area contributed by atoms with Crippen LogP contribution in [0.25, 0.3) is 5.69 Å². The first-order valence-corrected chi connectivity index (χ1v) is 9.19. The van der Waals surface area contributed by atoms with Gasteiger partial charge >= 0.3 is 0 Å². The highest BCUT2D eigenvalue weighted by Gasteiger charge is 2.11. The Morgan fingerprint density at radius 1 is 1.11 bits per heavy atom. The van der Waals surface area contributed by atoms with E-state index in [9.17, 15) is 4.79 Å². The Morgan fingerprint density at radius 3 is 2.50 bits per heavy atom. The van der Waals surface area contributed by atoms with Crippen LogP contribution in [0.15, 0.2) is 59.7 Å². The van der Waals surface area contributed by atoms with Gasteiger partial charge in [-0.25, -0.2) is 5.43 Å². The summed E-state index contributed by atoms with van der Waals surface area (Å²) in [6.07, 6.45) is 1.96. The van der Waals surface area contributed by atoms with Crippen LogP contribution < -0.4 is 10.2 Å². The molecule has 0 radical (unpaired) electrons. The first kappa shape index (κ1) is 19.4. The number of rotatable bonds is 6. The van der Waals surface area contributed by atoms with Crippen LogP contribution in [0.3, 0.4) is 0 Å². The van der Waals surface area contributed by atoms with E-state index in [4.69, 9.17) is 4.74 Å². The van der Waals surface area contributed by atoms with Gasteiger partial charge in [0.15, 0.2) is 0 Å². The van der Waals surface area contributed by atoms with Gasteiger partial charge in [0.25, 0.3) is 0 Å². The van der Waals surface area contributed by atoms with E-state index in [0.717, 1.165) is 34.0 Å². The number of carbonyl (C=O) groups excluding carboxylic acids is 1. The van der Waals surface area contributed by atoms with Crippen molar-refractivity contribution >= 4 is 12.1 Å². The lowest BCUT2D eigenvalue weighted by molar-refractivity contribution is -0.120. The fourth-order valence-electron chi connectivity index (χ4n) is 3.25. The Labute approximate surface area is 165 Å². The molecule has 0 bridgehead atoms. The number of methoxy groups -OCH3 is 1. The fraction of sp³-hybridized carbons (Fsp3) is 0.217. The van der Waals surface area contributed by atoms with Gasteiger partial charge in [-0.1, -0.05) is 30.3 Å². The summed E-state index contributed by atoms with van der Waals surface area (Å²) < 4.78 is 7.33. The average molecular weight is 375 g/mol. The molecular weight excluding hydrogens is 350 g/mol. The van der Waals surface area contributed by atoms with Crippen LogP contribution in [0.1, 0.15) is 28.1 Å². The van der Waals surface area contributed by atoms with Gasteiger partial charge in [0.05, 0.1) is 19.7 Å². The maximum Gasteiger partial charge on any atom is 0.244 e. The van der Waals surface area contributed by atoms with Crippen LogP contribution in [0.2, 0.25) is 0 Å². The lowest BCUT2D eigenvalue weighted by Crippen LogP contribution is -2.19. The maximum absolute atomic E-state index is 12.1. The van der Waals surface area contributed by atoms with E-state index in [1.807, 2.05) is 36.4 Å². The standard InChI is InChI=1S/C23H25N3O2/c1-16-7-5-6-8-22(16)26-17(2)13-20(18(26)3)15-24-25-23(27)14-19-9-11-21(28-4)12-10-19/h5-13,15H,14H2,1-4H3,(H,25,27)/b24-15-. The van der Waals surface area contributed by atoms with Gasteiger partial charge in [-0.05, 0) is 56.2 Å².